The van der Waals surface area contributed by atoms with Crippen molar-refractivity contribution in [3.05, 3.63) is 29.8 Å². The Morgan fingerprint density at radius 3 is 2.62 bits per heavy atom. The van der Waals surface area contributed by atoms with Crippen LogP contribution in [0, 0.1) is 11.3 Å². The first kappa shape index (κ1) is 12.2. The lowest BCUT2D eigenvalue weighted by Gasteiger charge is -2.05. The van der Waals surface area contributed by atoms with Crippen LogP contribution in [0.15, 0.2) is 24.3 Å². The van der Waals surface area contributed by atoms with Gasteiger partial charge in [0.1, 0.15) is 6.07 Å². The molecule has 1 amide bonds. The topological polar surface area (TPSA) is 70.0 Å². The molecule has 4 nitrogen and oxygen atoms in total. The fraction of sp³-hybridized carbons (Fsp3) is 0.182. The van der Waals surface area contributed by atoms with E-state index in [-0.39, 0.29) is 18.7 Å². The first-order valence-corrected chi connectivity index (χ1v) is 4.98. The van der Waals surface area contributed by atoms with Crippen LogP contribution in [0.25, 0.3) is 0 Å². The number of halogens is 1. The van der Waals surface area contributed by atoms with Crippen LogP contribution in [0.5, 0.6) is 0 Å². The Morgan fingerprint density at radius 2 is 2.00 bits per heavy atom. The van der Waals surface area contributed by atoms with Crippen LogP contribution in [0.2, 0.25) is 0 Å². The third-order valence-corrected chi connectivity index (χ3v) is 2.06. The quantitative estimate of drug-likeness (QED) is 0.814. The highest BCUT2D eigenvalue weighted by Gasteiger charge is 2.07. The number of carbonyl (C=O) groups is 2. The Kier molecular flexibility index (Phi) is 4.49. The first-order valence-electron chi connectivity index (χ1n) is 4.61. The van der Waals surface area contributed by atoms with E-state index in [4.69, 9.17) is 16.9 Å². The number of rotatable bonds is 4. The van der Waals surface area contributed by atoms with E-state index in [2.05, 4.69) is 5.32 Å². The third-order valence-electron chi connectivity index (χ3n) is 1.87. The van der Waals surface area contributed by atoms with Crippen LogP contribution in [-0.4, -0.2) is 11.1 Å². The van der Waals surface area contributed by atoms with Gasteiger partial charge in [0.15, 0.2) is 0 Å². The van der Waals surface area contributed by atoms with Gasteiger partial charge in [0, 0.05) is 12.8 Å². The summed E-state index contributed by atoms with van der Waals surface area (Å²) in [6.07, 6.45) is 0.00417. The van der Waals surface area contributed by atoms with Crippen molar-refractivity contribution in [2.75, 3.05) is 5.32 Å². The van der Waals surface area contributed by atoms with Gasteiger partial charge in [-0.15, -0.1) is 0 Å². The molecule has 0 aliphatic rings. The van der Waals surface area contributed by atoms with E-state index in [0.29, 0.717) is 11.3 Å². The van der Waals surface area contributed by atoms with Gasteiger partial charge < -0.3 is 5.32 Å². The van der Waals surface area contributed by atoms with Gasteiger partial charge in [0.05, 0.1) is 11.3 Å². The predicted octanol–water partition coefficient (Wildman–Crippen LogP) is 2.04. The van der Waals surface area contributed by atoms with Crippen LogP contribution in [-0.2, 0) is 9.59 Å². The van der Waals surface area contributed by atoms with E-state index < -0.39 is 5.24 Å². The molecule has 0 saturated carbocycles. The van der Waals surface area contributed by atoms with E-state index >= 15 is 0 Å². The van der Waals surface area contributed by atoms with E-state index in [1.165, 1.54) is 0 Å². The normalized spacial score (nSPS) is 9.25. The van der Waals surface area contributed by atoms with E-state index in [9.17, 15) is 9.59 Å². The summed E-state index contributed by atoms with van der Waals surface area (Å²) in [6, 6.07) is 8.60. The van der Waals surface area contributed by atoms with Gasteiger partial charge in [0.25, 0.3) is 0 Å². The molecule has 0 aliphatic heterocycles. The van der Waals surface area contributed by atoms with Gasteiger partial charge in [-0.3, -0.25) is 9.59 Å². The summed E-state index contributed by atoms with van der Waals surface area (Å²) in [7, 11) is 0. The number of hydrogen-bond donors (Lipinski definition) is 1. The molecule has 0 aliphatic carbocycles. The number of amides is 1. The standard InChI is InChI=1S/C11H9ClN2O2/c12-10(15)5-6-11(16)14-9-4-2-1-3-8(9)7-13/h1-4H,5-6H2,(H,14,16). The minimum atomic E-state index is -0.552. The summed E-state index contributed by atoms with van der Waals surface area (Å²) in [4.78, 5) is 21.8. The van der Waals surface area contributed by atoms with E-state index in [1.807, 2.05) is 6.07 Å². The summed E-state index contributed by atoms with van der Waals surface area (Å²) in [5, 5.41) is 10.8. The van der Waals surface area contributed by atoms with E-state index in [1.54, 1.807) is 24.3 Å². The summed E-state index contributed by atoms with van der Waals surface area (Å²) in [5.74, 6) is -0.336. The van der Waals surface area contributed by atoms with Crippen LogP contribution in [0.1, 0.15) is 18.4 Å². The fourth-order valence-corrected chi connectivity index (χ4v) is 1.21. The molecule has 0 spiro atoms. The monoisotopic (exact) mass is 236 g/mol. The number of nitrogens with zero attached hydrogens (tertiary/aromatic N) is 1. The highest BCUT2D eigenvalue weighted by molar-refractivity contribution is 6.63. The lowest BCUT2D eigenvalue weighted by Crippen LogP contribution is -2.13. The van der Waals surface area contributed by atoms with Crippen molar-refractivity contribution in [1.82, 2.24) is 0 Å². The number of benzene rings is 1. The van der Waals surface area contributed by atoms with Crippen molar-refractivity contribution in [3.8, 4) is 6.07 Å². The van der Waals surface area contributed by atoms with Gasteiger partial charge >= 0.3 is 0 Å². The molecule has 1 aromatic carbocycles. The lowest BCUT2D eigenvalue weighted by atomic mass is 10.2. The number of para-hydroxylation sites is 1. The molecule has 1 rings (SSSR count). The second-order valence-electron chi connectivity index (χ2n) is 3.06. The number of nitrogens with one attached hydrogen (secondary N) is 1. The maximum Gasteiger partial charge on any atom is 0.224 e. The van der Waals surface area contributed by atoms with Crippen molar-refractivity contribution in [3.63, 3.8) is 0 Å². The Morgan fingerprint density at radius 1 is 1.31 bits per heavy atom. The molecule has 1 aromatic rings. The van der Waals surface area contributed by atoms with E-state index in [0.717, 1.165) is 0 Å². The van der Waals surface area contributed by atoms with Gasteiger partial charge in [-0.1, -0.05) is 12.1 Å². The summed E-state index contributed by atoms with van der Waals surface area (Å²) < 4.78 is 0. The van der Waals surface area contributed by atoms with Crippen LogP contribution < -0.4 is 5.32 Å². The molecule has 0 fully saturated rings. The number of nitriles is 1. The molecule has 0 unspecified atom stereocenters. The van der Waals surface area contributed by atoms with Gasteiger partial charge in [-0.2, -0.15) is 5.26 Å². The van der Waals surface area contributed by atoms with Crippen LogP contribution in [0.3, 0.4) is 0 Å². The lowest BCUT2D eigenvalue weighted by molar-refractivity contribution is -0.119. The Balaban J connectivity index is 2.63. The van der Waals surface area contributed by atoms with Gasteiger partial charge in [-0.25, -0.2) is 0 Å². The number of carbonyl (C=O) groups excluding carboxylic acids is 2. The average molecular weight is 237 g/mol. The van der Waals surface area contributed by atoms with Crippen molar-refractivity contribution in [1.29, 1.82) is 5.26 Å². The zero-order chi connectivity index (χ0) is 12.0. The molecule has 1 N–H and O–H groups in total. The molecule has 0 heterocycles. The Bertz CT molecular complexity index is 452. The minimum Gasteiger partial charge on any atom is -0.325 e. The average Bonchev–Trinajstić information content (AvgIpc) is 2.27. The molecule has 16 heavy (non-hydrogen) atoms. The summed E-state index contributed by atoms with van der Waals surface area (Å²) in [5.41, 5.74) is 0.824. The molecule has 0 saturated heterocycles. The van der Waals surface area contributed by atoms with Crippen molar-refractivity contribution < 1.29 is 9.59 Å². The molecule has 0 radical (unpaired) electrons. The minimum absolute atomic E-state index is 0.0118. The van der Waals surface area contributed by atoms with Crippen molar-refractivity contribution >= 4 is 28.4 Å². The molecule has 82 valence electrons. The van der Waals surface area contributed by atoms with Crippen LogP contribution >= 0.6 is 11.6 Å². The largest absolute Gasteiger partial charge is 0.325 e. The highest BCUT2D eigenvalue weighted by atomic mass is 35.5. The second-order valence-corrected chi connectivity index (χ2v) is 3.48. The molecule has 0 bridgehead atoms. The smallest absolute Gasteiger partial charge is 0.224 e. The fourth-order valence-electron chi connectivity index (χ4n) is 1.11. The highest BCUT2D eigenvalue weighted by Crippen LogP contribution is 2.13. The van der Waals surface area contributed by atoms with Gasteiger partial charge in [0.2, 0.25) is 11.1 Å². The molecular formula is C11H9ClN2O2. The third kappa shape index (κ3) is 3.71. The zero-order valence-corrected chi connectivity index (χ0v) is 9.12. The Hall–Kier alpha value is -1.86. The SMILES string of the molecule is N#Cc1ccccc1NC(=O)CCC(=O)Cl. The molecule has 0 aromatic heterocycles. The second kappa shape index (κ2) is 5.89. The maximum absolute atomic E-state index is 11.4. The predicted molar refractivity (Wildman–Crippen MR) is 59.9 cm³/mol. The maximum atomic E-state index is 11.4. The van der Waals surface area contributed by atoms with Crippen LogP contribution in [0.4, 0.5) is 5.69 Å². The summed E-state index contributed by atoms with van der Waals surface area (Å²) in [6.45, 7) is 0. The number of anilines is 1. The first-order chi connectivity index (χ1) is 7.63. The number of hydrogen-bond acceptors (Lipinski definition) is 3. The summed E-state index contributed by atoms with van der Waals surface area (Å²) >= 11 is 5.11. The van der Waals surface area contributed by atoms with Crippen molar-refractivity contribution in [2.45, 2.75) is 12.8 Å². The molecular weight excluding hydrogens is 228 g/mol. The van der Waals surface area contributed by atoms with Crippen molar-refractivity contribution in [2.24, 2.45) is 0 Å². The molecule has 0 atom stereocenters. The Labute approximate surface area is 97.8 Å². The van der Waals surface area contributed by atoms with Gasteiger partial charge in [-0.05, 0) is 23.7 Å². The molecule has 5 heteroatoms. The zero-order valence-electron chi connectivity index (χ0n) is 8.37.